The van der Waals surface area contributed by atoms with Crippen LogP contribution < -0.4 is 5.73 Å². The molecule has 1 aliphatic rings. The minimum Gasteiger partial charge on any atom is -0.387 e. The van der Waals surface area contributed by atoms with E-state index in [2.05, 4.69) is 28.8 Å². The first-order valence-corrected chi connectivity index (χ1v) is 8.67. The van der Waals surface area contributed by atoms with Gasteiger partial charge in [-0.1, -0.05) is 13.8 Å². The summed E-state index contributed by atoms with van der Waals surface area (Å²) in [7, 11) is 0. The van der Waals surface area contributed by atoms with Crippen molar-refractivity contribution in [1.29, 1.82) is 0 Å². The molecule has 0 amide bonds. The molecule has 8 nitrogen and oxygen atoms in total. The summed E-state index contributed by atoms with van der Waals surface area (Å²) in [4.78, 5) is 12.2. The molecule has 2 aromatic heterocycles. The van der Waals surface area contributed by atoms with Crippen LogP contribution in [-0.4, -0.2) is 59.5 Å². The summed E-state index contributed by atoms with van der Waals surface area (Å²) in [5.74, 6) is 2.43. The lowest BCUT2D eigenvalue weighted by Gasteiger charge is -2.16. The average Bonchev–Trinajstić information content (AvgIpc) is 3.04. The smallest absolute Gasteiger partial charge is 0.167 e. The zero-order valence-corrected chi connectivity index (χ0v) is 13.8. The quantitative estimate of drug-likeness (QED) is 0.717. The summed E-state index contributed by atoms with van der Waals surface area (Å²) >= 11 is 1.70. The highest BCUT2D eigenvalue weighted by atomic mass is 32.2. The van der Waals surface area contributed by atoms with E-state index in [-0.39, 0.29) is 5.82 Å². The number of aliphatic hydroxyl groups excluding tert-OH is 2. The van der Waals surface area contributed by atoms with Crippen molar-refractivity contribution < 1.29 is 14.9 Å². The molecule has 126 valence electrons. The lowest BCUT2D eigenvalue weighted by molar-refractivity contribution is -0.0289. The summed E-state index contributed by atoms with van der Waals surface area (Å²) < 4.78 is 7.45. The fraction of sp³-hybridized carbons (Fsp3) is 0.643. The van der Waals surface area contributed by atoms with Gasteiger partial charge in [0, 0.05) is 5.75 Å². The van der Waals surface area contributed by atoms with Crippen molar-refractivity contribution in [3.63, 3.8) is 0 Å². The van der Waals surface area contributed by atoms with Gasteiger partial charge < -0.3 is 20.7 Å². The molecular formula is C14H21N5O3S. The van der Waals surface area contributed by atoms with Gasteiger partial charge in [0.25, 0.3) is 0 Å². The Balaban J connectivity index is 1.78. The van der Waals surface area contributed by atoms with Gasteiger partial charge in [0.2, 0.25) is 0 Å². The molecular weight excluding hydrogens is 318 g/mol. The van der Waals surface area contributed by atoms with Crippen molar-refractivity contribution in [2.45, 2.75) is 38.4 Å². The zero-order valence-electron chi connectivity index (χ0n) is 13.0. The Morgan fingerprint density at radius 3 is 2.83 bits per heavy atom. The number of thioether (sulfide) groups is 1. The van der Waals surface area contributed by atoms with Crippen LogP contribution in [0.2, 0.25) is 0 Å². The van der Waals surface area contributed by atoms with Gasteiger partial charge in [-0.2, -0.15) is 11.8 Å². The first kappa shape index (κ1) is 16.4. The third-order valence-electron chi connectivity index (χ3n) is 3.73. The van der Waals surface area contributed by atoms with Crippen LogP contribution in [0.25, 0.3) is 11.2 Å². The highest BCUT2D eigenvalue weighted by molar-refractivity contribution is 7.99. The van der Waals surface area contributed by atoms with Crippen LogP contribution in [0.3, 0.4) is 0 Å². The number of hydrogen-bond acceptors (Lipinski definition) is 8. The van der Waals surface area contributed by atoms with E-state index >= 15 is 0 Å². The maximum Gasteiger partial charge on any atom is 0.167 e. The molecule has 4 atom stereocenters. The molecule has 0 aromatic carbocycles. The number of fused-ring (bicyclic) bond motifs is 1. The molecule has 3 rings (SSSR count). The molecule has 0 spiro atoms. The van der Waals surface area contributed by atoms with Crippen LogP contribution in [0.15, 0.2) is 12.7 Å². The minimum absolute atomic E-state index is 0.269. The monoisotopic (exact) mass is 339 g/mol. The van der Waals surface area contributed by atoms with Gasteiger partial charge in [-0.25, -0.2) is 15.0 Å². The molecule has 23 heavy (non-hydrogen) atoms. The van der Waals surface area contributed by atoms with E-state index in [0.717, 1.165) is 5.75 Å². The molecule has 4 N–H and O–H groups in total. The summed E-state index contributed by atoms with van der Waals surface area (Å²) in [6, 6.07) is 0. The van der Waals surface area contributed by atoms with Crippen LogP contribution >= 0.6 is 11.8 Å². The normalized spacial score (nSPS) is 28.0. The van der Waals surface area contributed by atoms with Gasteiger partial charge in [0.05, 0.1) is 12.4 Å². The van der Waals surface area contributed by atoms with E-state index in [1.54, 1.807) is 16.3 Å². The first-order chi connectivity index (χ1) is 11.0. The number of anilines is 1. The topological polar surface area (TPSA) is 119 Å². The zero-order chi connectivity index (χ0) is 16.6. The van der Waals surface area contributed by atoms with Gasteiger partial charge >= 0.3 is 0 Å². The van der Waals surface area contributed by atoms with Crippen molar-refractivity contribution in [3.05, 3.63) is 12.7 Å². The summed E-state index contributed by atoms with van der Waals surface area (Å²) in [5, 5.41) is 20.6. The average molecular weight is 339 g/mol. The molecule has 0 radical (unpaired) electrons. The van der Waals surface area contributed by atoms with Gasteiger partial charge in [-0.05, 0) is 11.7 Å². The summed E-state index contributed by atoms with van der Waals surface area (Å²) in [6.07, 6.45) is -0.336. The van der Waals surface area contributed by atoms with Crippen molar-refractivity contribution in [1.82, 2.24) is 19.5 Å². The molecule has 0 bridgehead atoms. The van der Waals surface area contributed by atoms with Crippen LogP contribution in [0.1, 0.15) is 20.1 Å². The lowest BCUT2D eigenvalue weighted by atomic mass is 10.1. The third-order valence-corrected chi connectivity index (χ3v) is 5.20. The molecule has 1 fully saturated rings. The molecule has 0 saturated carbocycles. The van der Waals surface area contributed by atoms with E-state index < -0.39 is 24.5 Å². The van der Waals surface area contributed by atoms with Gasteiger partial charge in [0.15, 0.2) is 17.7 Å². The maximum atomic E-state index is 10.3. The number of aromatic nitrogens is 4. The molecule has 1 aliphatic heterocycles. The molecule has 1 saturated heterocycles. The molecule has 0 unspecified atom stereocenters. The van der Waals surface area contributed by atoms with Crippen LogP contribution in [0.4, 0.5) is 5.82 Å². The molecule has 0 aliphatic carbocycles. The number of nitrogens with two attached hydrogens (primary N) is 1. The third kappa shape index (κ3) is 3.14. The van der Waals surface area contributed by atoms with Crippen molar-refractivity contribution in [3.8, 4) is 0 Å². The predicted molar refractivity (Wildman–Crippen MR) is 87.8 cm³/mol. The van der Waals surface area contributed by atoms with Gasteiger partial charge in [0.1, 0.15) is 24.1 Å². The standard InChI is InChI=1S/C14H21N5O3S/c1-7(2)3-23-4-8-10(20)11(21)14(22-8)19-6-18-9-12(15)16-5-17-13(9)19/h5-8,10-11,14,20-21H,3-4H2,1-2H3,(H2,15,16,17)/t8-,10-,11-,14+/m0/s1. The highest BCUT2D eigenvalue weighted by Crippen LogP contribution is 2.33. The Bertz CT molecular complexity index is 679. The Morgan fingerprint density at radius 2 is 2.09 bits per heavy atom. The van der Waals surface area contributed by atoms with E-state index in [0.29, 0.717) is 22.8 Å². The van der Waals surface area contributed by atoms with Crippen molar-refractivity contribution in [2.24, 2.45) is 5.92 Å². The number of nitrogens with zero attached hydrogens (tertiary/aromatic N) is 4. The van der Waals surface area contributed by atoms with E-state index in [1.165, 1.54) is 12.7 Å². The largest absolute Gasteiger partial charge is 0.387 e. The fourth-order valence-electron chi connectivity index (χ4n) is 2.57. The molecule has 2 aromatic rings. The first-order valence-electron chi connectivity index (χ1n) is 7.51. The summed E-state index contributed by atoms with van der Waals surface area (Å²) in [5.41, 5.74) is 6.70. The Labute approximate surface area is 138 Å². The molecule has 9 heteroatoms. The van der Waals surface area contributed by atoms with Crippen molar-refractivity contribution >= 4 is 28.7 Å². The Hall–Kier alpha value is -1.42. The highest BCUT2D eigenvalue weighted by Gasteiger charge is 2.44. The van der Waals surface area contributed by atoms with Gasteiger partial charge in [-0.3, -0.25) is 4.57 Å². The Morgan fingerprint density at radius 1 is 1.30 bits per heavy atom. The number of nitrogen functional groups attached to an aromatic ring is 1. The molecule has 3 heterocycles. The van der Waals surface area contributed by atoms with E-state index in [1.807, 2.05) is 0 Å². The second-order valence-corrected chi connectivity index (χ2v) is 7.14. The number of rotatable bonds is 5. The van der Waals surface area contributed by atoms with Crippen LogP contribution in [-0.2, 0) is 4.74 Å². The number of hydrogen-bond donors (Lipinski definition) is 3. The van der Waals surface area contributed by atoms with Crippen LogP contribution in [0, 0.1) is 5.92 Å². The number of ether oxygens (including phenoxy) is 1. The fourth-order valence-corrected chi connectivity index (χ4v) is 3.69. The van der Waals surface area contributed by atoms with E-state index in [9.17, 15) is 10.2 Å². The SMILES string of the molecule is CC(C)CSC[C@@H]1O[C@@H](n2cnc3c(N)ncnc32)[C@@H](O)[C@H]1O. The van der Waals surface area contributed by atoms with Crippen molar-refractivity contribution in [2.75, 3.05) is 17.2 Å². The Kier molecular flexibility index (Phi) is 4.72. The summed E-state index contributed by atoms with van der Waals surface area (Å²) in [6.45, 7) is 4.27. The lowest BCUT2D eigenvalue weighted by Crippen LogP contribution is -2.32. The predicted octanol–water partition coefficient (Wildman–Crippen LogP) is 0.417. The number of aliphatic hydroxyl groups is 2. The maximum absolute atomic E-state index is 10.3. The minimum atomic E-state index is -1.05. The second kappa shape index (κ2) is 6.60. The van der Waals surface area contributed by atoms with E-state index in [4.69, 9.17) is 10.5 Å². The number of imidazole rings is 1. The van der Waals surface area contributed by atoms with Crippen LogP contribution in [0.5, 0.6) is 0 Å². The van der Waals surface area contributed by atoms with Gasteiger partial charge in [-0.15, -0.1) is 0 Å². The second-order valence-electron chi connectivity index (χ2n) is 6.06.